The number of rotatable bonds is 7. The van der Waals surface area contributed by atoms with Gasteiger partial charge < -0.3 is 30.9 Å². The molecule has 238 valence electrons. The van der Waals surface area contributed by atoms with Crippen LogP contribution in [0, 0.1) is 12.8 Å². The van der Waals surface area contributed by atoms with Crippen LogP contribution < -0.4 is 16.0 Å². The number of aliphatic hydroxyl groups is 1. The molecule has 0 spiro atoms. The molecule has 5 atom stereocenters. The Bertz CT molecular complexity index is 1340. The van der Waals surface area contributed by atoms with E-state index in [4.69, 9.17) is 0 Å². The molecule has 0 saturated carbocycles. The Labute approximate surface area is 261 Å². The lowest BCUT2D eigenvalue weighted by atomic mass is 9.97. The lowest BCUT2D eigenvalue weighted by molar-refractivity contribution is -0.143. The van der Waals surface area contributed by atoms with E-state index < -0.39 is 47.9 Å². The first-order valence-electron chi connectivity index (χ1n) is 15.1. The zero-order chi connectivity index (χ0) is 31.8. The first kappa shape index (κ1) is 33.1. The van der Waals surface area contributed by atoms with Crippen molar-refractivity contribution in [2.75, 3.05) is 26.2 Å². The molecule has 2 aliphatic rings. The molecule has 5 amide bonds. The third-order valence-electron chi connectivity index (χ3n) is 8.35. The van der Waals surface area contributed by atoms with Crippen molar-refractivity contribution < 1.29 is 29.1 Å². The summed E-state index contributed by atoms with van der Waals surface area (Å²) in [5.74, 6) is -2.56. The number of hydrogen-bond donors (Lipinski definition) is 4. The first-order chi connectivity index (χ1) is 21.1. The van der Waals surface area contributed by atoms with E-state index in [9.17, 15) is 29.1 Å². The molecule has 0 radical (unpaired) electrons. The number of aromatic nitrogens is 1. The second-order valence-electron chi connectivity index (χ2n) is 11.5. The standard InChI is InChI=1S/C31H42N6O6S/c1-4-19(2)28-31(43)37-16-22(38)15-24(37)30(42)34-23(14-21-8-6-5-7-9-21)29(41)32-12-13-36(17-26(39)35-28)27(40)11-10-25-20(3)33-18-44-25/h5-9,18-19,22-24,28,38H,4,10-17H2,1-3H3,(H,32,41)(H,34,42)(H,35,39)/t19-,22+,23-,24-,28-/m0/s1. The van der Waals surface area contributed by atoms with Gasteiger partial charge in [0.25, 0.3) is 0 Å². The number of aliphatic hydroxyl groups excluding tert-OH is 1. The van der Waals surface area contributed by atoms with Gasteiger partial charge in [0.1, 0.15) is 18.1 Å². The predicted molar refractivity (Wildman–Crippen MR) is 164 cm³/mol. The van der Waals surface area contributed by atoms with Crippen LogP contribution in [-0.4, -0.2) is 99.8 Å². The fourth-order valence-electron chi connectivity index (χ4n) is 5.56. The van der Waals surface area contributed by atoms with Gasteiger partial charge in [-0.1, -0.05) is 50.6 Å². The van der Waals surface area contributed by atoms with Crippen molar-refractivity contribution in [3.8, 4) is 0 Å². The summed E-state index contributed by atoms with van der Waals surface area (Å²) >= 11 is 1.47. The molecule has 3 heterocycles. The molecule has 0 bridgehead atoms. The van der Waals surface area contributed by atoms with E-state index in [0.717, 1.165) is 16.1 Å². The van der Waals surface area contributed by atoms with E-state index in [-0.39, 0.29) is 57.3 Å². The molecular weight excluding hydrogens is 584 g/mol. The summed E-state index contributed by atoms with van der Waals surface area (Å²) in [6.45, 7) is 5.35. The van der Waals surface area contributed by atoms with Crippen LogP contribution in [0.5, 0.6) is 0 Å². The summed E-state index contributed by atoms with van der Waals surface area (Å²) < 4.78 is 0. The number of fused-ring (bicyclic) bond motifs is 1. The van der Waals surface area contributed by atoms with Crippen LogP contribution in [0.1, 0.15) is 49.2 Å². The van der Waals surface area contributed by atoms with Gasteiger partial charge in [0.05, 0.1) is 23.9 Å². The zero-order valence-electron chi connectivity index (χ0n) is 25.5. The number of thiazole rings is 1. The van der Waals surface area contributed by atoms with Crippen LogP contribution in [0.4, 0.5) is 0 Å². The highest BCUT2D eigenvalue weighted by Gasteiger charge is 2.43. The summed E-state index contributed by atoms with van der Waals surface area (Å²) in [4.78, 5) is 75.5. The Morgan fingerprint density at radius 3 is 2.57 bits per heavy atom. The summed E-state index contributed by atoms with van der Waals surface area (Å²) in [6.07, 6.45) is 0.473. The van der Waals surface area contributed by atoms with Crippen molar-refractivity contribution >= 4 is 40.9 Å². The third kappa shape index (κ3) is 8.41. The van der Waals surface area contributed by atoms with Gasteiger partial charge in [0.2, 0.25) is 29.5 Å². The van der Waals surface area contributed by atoms with Crippen LogP contribution in [0.2, 0.25) is 0 Å². The van der Waals surface area contributed by atoms with Crippen molar-refractivity contribution in [1.82, 2.24) is 30.7 Å². The topological polar surface area (TPSA) is 161 Å². The maximum Gasteiger partial charge on any atom is 0.246 e. The maximum absolute atomic E-state index is 13.9. The first-order valence-corrected chi connectivity index (χ1v) is 16.0. The van der Waals surface area contributed by atoms with Gasteiger partial charge in [-0.3, -0.25) is 24.0 Å². The molecule has 0 unspecified atom stereocenters. The summed E-state index contributed by atoms with van der Waals surface area (Å²) in [5.41, 5.74) is 3.41. The Balaban J connectivity index is 1.62. The molecule has 44 heavy (non-hydrogen) atoms. The summed E-state index contributed by atoms with van der Waals surface area (Å²) in [7, 11) is 0. The highest BCUT2D eigenvalue weighted by molar-refractivity contribution is 7.09. The highest BCUT2D eigenvalue weighted by Crippen LogP contribution is 2.23. The van der Waals surface area contributed by atoms with Crippen LogP contribution in [0.25, 0.3) is 0 Å². The van der Waals surface area contributed by atoms with Gasteiger partial charge in [0, 0.05) is 43.8 Å². The molecule has 2 fully saturated rings. The van der Waals surface area contributed by atoms with Gasteiger partial charge in [-0.25, -0.2) is 4.98 Å². The molecule has 12 nitrogen and oxygen atoms in total. The van der Waals surface area contributed by atoms with Gasteiger partial charge in [-0.05, 0) is 24.8 Å². The number of carbonyl (C=O) groups is 5. The lowest BCUT2D eigenvalue weighted by Gasteiger charge is -2.32. The molecule has 1 aromatic heterocycles. The van der Waals surface area contributed by atoms with Crippen molar-refractivity contribution in [2.24, 2.45) is 5.92 Å². The fourth-order valence-corrected chi connectivity index (χ4v) is 6.34. The van der Waals surface area contributed by atoms with E-state index in [1.165, 1.54) is 21.1 Å². The van der Waals surface area contributed by atoms with E-state index in [0.29, 0.717) is 12.8 Å². The second kappa shape index (κ2) is 15.2. The average Bonchev–Trinajstić information content (AvgIpc) is 3.61. The lowest BCUT2D eigenvalue weighted by Crippen LogP contribution is -2.58. The van der Waals surface area contributed by atoms with Crippen LogP contribution in [0.15, 0.2) is 35.8 Å². The van der Waals surface area contributed by atoms with E-state index in [1.54, 1.807) is 5.51 Å². The van der Waals surface area contributed by atoms with Gasteiger partial charge in [0.15, 0.2) is 0 Å². The molecule has 13 heteroatoms. The SMILES string of the molecule is CC[C@H](C)[C@@H]1NC(=O)CN(C(=O)CCc2scnc2C)CCNC(=O)[C@H](Cc2ccccc2)NC(=O)[C@@H]2C[C@@H](O)CN2C1=O. The molecule has 1 aromatic carbocycles. The molecular formula is C31H42N6O6S. The number of aryl methyl sites for hydroxylation is 2. The number of carbonyl (C=O) groups excluding carboxylic acids is 5. The van der Waals surface area contributed by atoms with Gasteiger partial charge in [-0.2, -0.15) is 0 Å². The van der Waals surface area contributed by atoms with Crippen LogP contribution in [0.3, 0.4) is 0 Å². The number of amides is 5. The minimum Gasteiger partial charge on any atom is -0.391 e. The molecule has 4 N–H and O–H groups in total. The normalized spacial score (nSPS) is 24.5. The minimum atomic E-state index is -1.01. The Morgan fingerprint density at radius 2 is 1.89 bits per heavy atom. The van der Waals surface area contributed by atoms with Gasteiger partial charge >= 0.3 is 0 Å². The van der Waals surface area contributed by atoms with E-state index >= 15 is 0 Å². The van der Waals surface area contributed by atoms with E-state index in [2.05, 4.69) is 20.9 Å². The van der Waals surface area contributed by atoms with Crippen LogP contribution in [-0.2, 0) is 36.8 Å². The fraction of sp³-hybridized carbons (Fsp3) is 0.548. The Kier molecular flexibility index (Phi) is 11.5. The molecule has 4 rings (SSSR count). The second-order valence-corrected chi connectivity index (χ2v) is 12.5. The smallest absolute Gasteiger partial charge is 0.246 e. The maximum atomic E-state index is 13.9. The van der Waals surface area contributed by atoms with Crippen molar-refractivity contribution in [3.05, 3.63) is 52.0 Å². The predicted octanol–water partition coefficient (Wildman–Crippen LogP) is 0.563. The zero-order valence-corrected chi connectivity index (χ0v) is 26.3. The average molecular weight is 627 g/mol. The number of nitrogens with zero attached hydrogens (tertiary/aromatic N) is 3. The van der Waals surface area contributed by atoms with Gasteiger partial charge in [-0.15, -0.1) is 11.3 Å². The largest absolute Gasteiger partial charge is 0.391 e. The molecule has 2 aliphatic heterocycles. The number of hydrogen-bond acceptors (Lipinski definition) is 8. The van der Waals surface area contributed by atoms with Crippen molar-refractivity contribution in [1.29, 1.82) is 0 Å². The number of benzene rings is 1. The van der Waals surface area contributed by atoms with Crippen LogP contribution >= 0.6 is 11.3 Å². The molecule has 2 saturated heterocycles. The third-order valence-corrected chi connectivity index (χ3v) is 9.35. The minimum absolute atomic E-state index is 0.0138. The summed E-state index contributed by atoms with van der Waals surface area (Å²) in [5, 5.41) is 18.9. The quantitative estimate of drug-likeness (QED) is 0.349. The molecule has 2 aromatic rings. The monoisotopic (exact) mass is 626 g/mol. The van der Waals surface area contributed by atoms with Crippen molar-refractivity contribution in [3.63, 3.8) is 0 Å². The summed E-state index contributed by atoms with van der Waals surface area (Å²) in [6, 6.07) is 6.30. The van der Waals surface area contributed by atoms with Crippen molar-refractivity contribution in [2.45, 2.75) is 77.1 Å². The Morgan fingerprint density at radius 1 is 1.14 bits per heavy atom. The number of nitrogens with one attached hydrogen (secondary N) is 3. The highest BCUT2D eigenvalue weighted by atomic mass is 32.1. The van der Waals surface area contributed by atoms with E-state index in [1.807, 2.05) is 51.1 Å². The Hall–Kier alpha value is -3.84. The molecule has 0 aliphatic carbocycles.